The van der Waals surface area contributed by atoms with E-state index in [1.807, 2.05) is 55.5 Å². The fourth-order valence-electron chi connectivity index (χ4n) is 2.18. The zero-order valence-corrected chi connectivity index (χ0v) is 11.7. The fraction of sp³-hybridized carbons (Fsp3) is 0.118. The van der Waals surface area contributed by atoms with E-state index in [4.69, 9.17) is 0 Å². The maximum Gasteiger partial charge on any atom is 0.282 e. The summed E-state index contributed by atoms with van der Waals surface area (Å²) in [7, 11) is 0. The summed E-state index contributed by atoms with van der Waals surface area (Å²) in [6.45, 7) is 1.96. The van der Waals surface area contributed by atoms with E-state index in [-0.39, 0.29) is 5.56 Å². The van der Waals surface area contributed by atoms with Gasteiger partial charge in [-0.25, -0.2) is 4.98 Å². The van der Waals surface area contributed by atoms with Gasteiger partial charge in [0.2, 0.25) is 0 Å². The maximum atomic E-state index is 12.5. The van der Waals surface area contributed by atoms with E-state index in [9.17, 15) is 4.79 Å². The number of hydrogen-bond acceptors (Lipinski definition) is 3. The Kier molecular flexibility index (Phi) is 3.60. The molecule has 0 radical (unpaired) electrons. The van der Waals surface area contributed by atoms with Gasteiger partial charge < -0.3 is 0 Å². The number of rotatable bonds is 3. The molecule has 0 fully saturated rings. The number of fused-ring (bicyclic) bond motifs is 1. The lowest BCUT2D eigenvalue weighted by Gasteiger charge is -2.07. The Labute approximate surface area is 122 Å². The Balaban J connectivity index is 2.15. The predicted molar refractivity (Wildman–Crippen MR) is 84.8 cm³/mol. The van der Waals surface area contributed by atoms with Gasteiger partial charge in [-0.3, -0.25) is 4.79 Å². The molecular weight excluding hydrogens is 262 g/mol. The summed E-state index contributed by atoms with van der Waals surface area (Å²) in [5.41, 5.74) is 1.52. The Bertz CT molecular complexity index is 851. The van der Waals surface area contributed by atoms with Crippen LogP contribution in [-0.2, 0) is 6.42 Å². The third-order valence-electron chi connectivity index (χ3n) is 3.26. The van der Waals surface area contributed by atoms with Crippen molar-refractivity contribution in [1.82, 2.24) is 9.66 Å². The van der Waals surface area contributed by atoms with Gasteiger partial charge in [-0.2, -0.15) is 9.78 Å². The molecule has 0 spiro atoms. The molecule has 4 heteroatoms. The molecule has 2 aromatic carbocycles. The van der Waals surface area contributed by atoms with E-state index in [0.29, 0.717) is 23.1 Å². The Morgan fingerprint density at radius 3 is 2.57 bits per heavy atom. The second-order valence-electron chi connectivity index (χ2n) is 4.67. The minimum Gasteiger partial charge on any atom is -0.267 e. The molecular formula is C17H15N3O. The van der Waals surface area contributed by atoms with Crippen molar-refractivity contribution >= 4 is 17.1 Å². The molecule has 0 aliphatic carbocycles. The van der Waals surface area contributed by atoms with E-state index in [1.165, 1.54) is 4.68 Å². The van der Waals surface area contributed by atoms with Gasteiger partial charge in [0.15, 0.2) is 0 Å². The van der Waals surface area contributed by atoms with E-state index >= 15 is 0 Å². The highest BCUT2D eigenvalue weighted by molar-refractivity contribution is 5.80. The average Bonchev–Trinajstić information content (AvgIpc) is 2.55. The van der Waals surface area contributed by atoms with Crippen LogP contribution in [0.4, 0.5) is 0 Å². The molecule has 0 saturated carbocycles. The number of nitrogens with zero attached hydrogens (tertiary/aromatic N) is 3. The third kappa shape index (κ3) is 2.60. The van der Waals surface area contributed by atoms with Gasteiger partial charge in [0.1, 0.15) is 5.82 Å². The molecule has 0 bridgehead atoms. The number of hydrogen-bond donors (Lipinski definition) is 0. The van der Waals surface area contributed by atoms with Crippen LogP contribution >= 0.6 is 0 Å². The monoisotopic (exact) mass is 277 g/mol. The highest BCUT2D eigenvalue weighted by Gasteiger charge is 2.08. The highest BCUT2D eigenvalue weighted by Crippen LogP contribution is 2.08. The predicted octanol–water partition coefficient (Wildman–Crippen LogP) is 2.84. The Morgan fingerprint density at radius 1 is 1.10 bits per heavy atom. The fourth-order valence-corrected chi connectivity index (χ4v) is 2.18. The van der Waals surface area contributed by atoms with Gasteiger partial charge >= 0.3 is 0 Å². The number of benzene rings is 2. The van der Waals surface area contributed by atoms with E-state index in [0.717, 1.165) is 5.56 Å². The van der Waals surface area contributed by atoms with Gasteiger partial charge in [-0.1, -0.05) is 49.4 Å². The van der Waals surface area contributed by atoms with Crippen molar-refractivity contribution in [1.29, 1.82) is 0 Å². The first-order valence-corrected chi connectivity index (χ1v) is 6.89. The van der Waals surface area contributed by atoms with Crippen LogP contribution in [0.15, 0.2) is 64.5 Å². The molecule has 3 aromatic rings. The zero-order chi connectivity index (χ0) is 14.7. The minimum atomic E-state index is -0.135. The first kappa shape index (κ1) is 13.2. The minimum absolute atomic E-state index is 0.135. The first-order valence-electron chi connectivity index (χ1n) is 6.89. The first-order chi connectivity index (χ1) is 10.3. The van der Waals surface area contributed by atoms with Gasteiger partial charge in [0.05, 0.1) is 17.1 Å². The molecule has 21 heavy (non-hydrogen) atoms. The SMILES string of the molecule is CCc1nc2ccccc2c(=O)n1N=Cc1ccccc1. The summed E-state index contributed by atoms with van der Waals surface area (Å²) in [6.07, 6.45) is 2.32. The van der Waals surface area contributed by atoms with Gasteiger partial charge in [-0.05, 0) is 17.7 Å². The lowest BCUT2D eigenvalue weighted by molar-refractivity contribution is 0.735. The molecule has 0 aliphatic rings. The standard InChI is InChI=1S/C17H15N3O/c1-2-16-19-15-11-7-6-10-14(15)17(21)20(16)18-12-13-8-4-3-5-9-13/h3-12H,2H2,1H3. The molecule has 0 atom stereocenters. The van der Waals surface area contributed by atoms with E-state index in [1.54, 1.807) is 12.3 Å². The van der Waals surface area contributed by atoms with Crippen molar-refractivity contribution < 1.29 is 0 Å². The molecule has 0 N–H and O–H groups in total. The molecule has 0 amide bonds. The summed E-state index contributed by atoms with van der Waals surface area (Å²) in [6, 6.07) is 17.0. The smallest absolute Gasteiger partial charge is 0.267 e. The van der Waals surface area contributed by atoms with Crippen LogP contribution in [0.5, 0.6) is 0 Å². The van der Waals surface area contributed by atoms with Gasteiger partial charge in [0, 0.05) is 6.42 Å². The van der Waals surface area contributed by atoms with Crippen LogP contribution in [0.3, 0.4) is 0 Å². The second kappa shape index (κ2) is 5.71. The molecule has 4 nitrogen and oxygen atoms in total. The normalized spacial score (nSPS) is 11.3. The van der Waals surface area contributed by atoms with Crippen molar-refractivity contribution in [3.05, 3.63) is 76.3 Å². The Hall–Kier alpha value is -2.75. The molecule has 104 valence electrons. The van der Waals surface area contributed by atoms with Crippen LogP contribution in [0, 0.1) is 0 Å². The summed E-state index contributed by atoms with van der Waals surface area (Å²) in [4.78, 5) is 17.1. The topological polar surface area (TPSA) is 47.2 Å². The summed E-state index contributed by atoms with van der Waals surface area (Å²) in [5.74, 6) is 0.658. The van der Waals surface area contributed by atoms with Crippen LogP contribution in [0.1, 0.15) is 18.3 Å². The summed E-state index contributed by atoms with van der Waals surface area (Å²) < 4.78 is 1.38. The van der Waals surface area contributed by atoms with Crippen molar-refractivity contribution in [2.75, 3.05) is 0 Å². The van der Waals surface area contributed by atoms with E-state index in [2.05, 4.69) is 10.1 Å². The van der Waals surface area contributed by atoms with Gasteiger partial charge in [-0.15, -0.1) is 0 Å². The molecule has 0 saturated heterocycles. The number of para-hydroxylation sites is 1. The number of aryl methyl sites for hydroxylation is 1. The molecule has 1 heterocycles. The average molecular weight is 277 g/mol. The van der Waals surface area contributed by atoms with Crippen molar-refractivity contribution in [3.63, 3.8) is 0 Å². The van der Waals surface area contributed by atoms with Crippen LogP contribution in [0.2, 0.25) is 0 Å². The van der Waals surface area contributed by atoms with Crippen molar-refractivity contribution in [2.24, 2.45) is 5.10 Å². The number of aromatic nitrogens is 2. The van der Waals surface area contributed by atoms with E-state index < -0.39 is 0 Å². The summed E-state index contributed by atoms with van der Waals surface area (Å²) in [5, 5.41) is 4.90. The molecule has 1 aromatic heterocycles. The largest absolute Gasteiger partial charge is 0.282 e. The Morgan fingerprint density at radius 2 is 1.81 bits per heavy atom. The second-order valence-corrected chi connectivity index (χ2v) is 4.67. The van der Waals surface area contributed by atoms with Crippen molar-refractivity contribution in [3.8, 4) is 0 Å². The van der Waals surface area contributed by atoms with Crippen LogP contribution in [0.25, 0.3) is 10.9 Å². The van der Waals surface area contributed by atoms with Gasteiger partial charge in [0.25, 0.3) is 5.56 Å². The zero-order valence-electron chi connectivity index (χ0n) is 11.7. The third-order valence-corrected chi connectivity index (χ3v) is 3.26. The van der Waals surface area contributed by atoms with Crippen LogP contribution in [-0.4, -0.2) is 15.9 Å². The van der Waals surface area contributed by atoms with Crippen molar-refractivity contribution in [2.45, 2.75) is 13.3 Å². The highest BCUT2D eigenvalue weighted by atomic mass is 16.1. The quantitative estimate of drug-likeness (QED) is 0.691. The molecule has 0 aliphatic heterocycles. The lowest BCUT2D eigenvalue weighted by atomic mass is 10.2. The van der Waals surface area contributed by atoms with Crippen LogP contribution < -0.4 is 5.56 Å². The lowest BCUT2D eigenvalue weighted by Crippen LogP contribution is -2.22. The maximum absolute atomic E-state index is 12.5. The molecule has 0 unspecified atom stereocenters. The summed E-state index contributed by atoms with van der Waals surface area (Å²) >= 11 is 0. The molecule has 3 rings (SSSR count).